The number of hydrogen-bond donors (Lipinski definition) is 0. The highest BCUT2D eigenvalue weighted by Gasteiger charge is 2.23. The van der Waals surface area contributed by atoms with Gasteiger partial charge < -0.3 is 0 Å². The second-order valence-electron chi connectivity index (χ2n) is 5.12. The number of rotatable bonds is 2. The van der Waals surface area contributed by atoms with Crippen LogP contribution < -0.4 is 0 Å². The van der Waals surface area contributed by atoms with Gasteiger partial charge in [-0.15, -0.1) is 0 Å². The minimum atomic E-state index is -3.72. The van der Waals surface area contributed by atoms with Crippen LogP contribution in [0.4, 0.5) is 0 Å². The third-order valence-corrected chi connectivity index (χ3v) is 5.94. The van der Waals surface area contributed by atoms with E-state index in [1.165, 1.54) is 3.97 Å². The van der Waals surface area contributed by atoms with Gasteiger partial charge in [0.25, 0.3) is 10.0 Å². The molecule has 23 heavy (non-hydrogen) atoms. The Labute approximate surface area is 141 Å². The molecule has 4 rings (SSSR count). The molecule has 4 nitrogen and oxygen atoms in total. The number of nitrogens with zero attached hydrogens (tertiary/aromatic N) is 2. The first kappa shape index (κ1) is 14.4. The molecule has 0 unspecified atom stereocenters. The van der Waals surface area contributed by atoms with E-state index in [-0.39, 0.29) is 4.90 Å². The van der Waals surface area contributed by atoms with Crippen molar-refractivity contribution in [2.75, 3.05) is 0 Å². The molecule has 2 aromatic heterocycles. The van der Waals surface area contributed by atoms with Crippen LogP contribution in [0.15, 0.2) is 76.2 Å². The van der Waals surface area contributed by atoms with Crippen molar-refractivity contribution in [2.24, 2.45) is 0 Å². The lowest BCUT2D eigenvalue weighted by atomic mass is 10.2. The summed E-state index contributed by atoms with van der Waals surface area (Å²) < 4.78 is 28.5. The lowest BCUT2D eigenvalue weighted by Gasteiger charge is -2.08. The van der Waals surface area contributed by atoms with Crippen LogP contribution in [-0.4, -0.2) is 17.4 Å². The molecule has 4 aromatic rings. The summed E-state index contributed by atoms with van der Waals surface area (Å²) in [6.07, 6.45) is 1.60. The Bertz CT molecular complexity index is 1140. The number of fused-ring (bicyclic) bond motifs is 3. The quantitative estimate of drug-likeness (QED) is 0.518. The normalized spacial score (nSPS) is 12.0. The van der Waals surface area contributed by atoms with Crippen molar-refractivity contribution in [3.63, 3.8) is 0 Å². The molecule has 0 aliphatic heterocycles. The molecular weight excluding hydrogens is 376 g/mol. The van der Waals surface area contributed by atoms with Crippen molar-refractivity contribution in [3.05, 3.63) is 71.3 Å². The Balaban J connectivity index is 2.18. The number of pyridine rings is 1. The maximum absolute atomic E-state index is 13.1. The molecule has 0 radical (unpaired) electrons. The first-order valence-corrected chi connectivity index (χ1v) is 9.18. The summed E-state index contributed by atoms with van der Waals surface area (Å²) in [6.45, 7) is 0. The van der Waals surface area contributed by atoms with E-state index in [1.807, 2.05) is 24.3 Å². The third kappa shape index (κ3) is 2.17. The highest BCUT2D eigenvalue weighted by molar-refractivity contribution is 9.10. The topological polar surface area (TPSA) is 52.0 Å². The van der Waals surface area contributed by atoms with Crippen LogP contribution in [0.1, 0.15) is 0 Å². The Morgan fingerprint density at radius 1 is 0.913 bits per heavy atom. The van der Waals surface area contributed by atoms with Gasteiger partial charge in [-0.25, -0.2) is 17.4 Å². The van der Waals surface area contributed by atoms with Crippen LogP contribution in [0.25, 0.3) is 21.9 Å². The monoisotopic (exact) mass is 386 g/mol. The van der Waals surface area contributed by atoms with E-state index in [9.17, 15) is 8.42 Å². The van der Waals surface area contributed by atoms with Crippen molar-refractivity contribution in [1.82, 2.24) is 8.96 Å². The molecule has 0 aliphatic rings. The van der Waals surface area contributed by atoms with E-state index >= 15 is 0 Å². The number of benzene rings is 2. The predicted octanol–water partition coefficient (Wildman–Crippen LogP) is 4.19. The summed E-state index contributed by atoms with van der Waals surface area (Å²) in [5.74, 6) is 0. The molecule has 6 heteroatoms. The number of aromatic nitrogens is 2. The summed E-state index contributed by atoms with van der Waals surface area (Å²) in [7, 11) is -3.72. The van der Waals surface area contributed by atoms with Gasteiger partial charge in [0.15, 0.2) is 5.65 Å². The fourth-order valence-electron chi connectivity index (χ4n) is 2.73. The average molecular weight is 387 g/mol. The van der Waals surface area contributed by atoms with E-state index in [0.717, 1.165) is 15.2 Å². The van der Waals surface area contributed by atoms with Crippen molar-refractivity contribution in [3.8, 4) is 0 Å². The van der Waals surface area contributed by atoms with Gasteiger partial charge in [0.05, 0.1) is 10.4 Å². The smallest absolute Gasteiger partial charge is 0.237 e. The minimum absolute atomic E-state index is 0.243. The molecule has 0 bridgehead atoms. The Kier molecular flexibility index (Phi) is 3.25. The molecular formula is C17H11BrN2O2S. The Morgan fingerprint density at radius 2 is 1.70 bits per heavy atom. The largest absolute Gasteiger partial charge is 0.269 e. The maximum Gasteiger partial charge on any atom is 0.269 e. The predicted molar refractivity (Wildman–Crippen MR) is 94.0 cm³/mol. The second-order valence-corrected chi connectivity index (χ2v) is 7.82. The standard InChI is InChI=1S/C17H11BrN2O2S/c18-12-8-9-16-15(11-12)14-7-4-10-19-17(14)20(16)23(21,22)13-5-2-1-3-6-13/h1-11H. The van der Waals surface area contributed by atoms with Crippen molar-refractivity contribution < 1.29 is 8.42 Å². The van der Waals surface area contributed by atoms with Crippen LogP contribution in [0, 0.1) is 0 Å². The molecule has 0 spiro atoms. The lowest BCUT2D eigenvalue weighted by Crippen LogP contribution is -2.13. The van der Waals surface area contributed by atoms with E-state index in [4.69, 9.17) is 0 Å². The van der Waals surface area contributed by atoms with E-state index in [2.05, 4.69) is 20.9 Å². The Morgan fingerprint density at radius 3 is 2.48 bits per heavy atom. The van der Waals surface area contributed by atoms with Crippen LogP contribution in [0.5, 0.6) is 0 Å². The zero-order valence-electron chi connectivity index (χ0n) is 11.8. The van der Waals surface area contributed by atoms with Gasteiger partial charge >= 0.3 is 0 Å². The fourth-order valence-corrected chi connectivity index (χ4v) is 4.59. The molecule has 114 valence electrons. The molecule has 2 aromatic carbocycles. The zero-order chi connectivity index (χ0) is 16.0. The van der Waals surface area contributed by atoms with Gasteiger partial charge in [0.2, 0.25) is 0 Å². The van der Waals surface area contributed by atoms with Gasteiger partial charge in [-0.2, -0.15) is 0 Å². The summed E-state index contributed by atoms with van der Waals surface area (Å²) in [4.78, 5) is 4.55. The summed E-state index contributed by atoms with van der Waals surface area (Å²) in [5.41, 5.74) is 1.05. The van der Waals surface area contributed by atoms with Crippen LogP contribution in [-0.2, 0) is 10.0 Å². The molecule has 0 saturated heterocycles. The van der Waals surface area contributed by atoms with Crippen LogP contribution in [0.3, 0.4) is 0 Å². The third-order valence-electron chi connectivity index (χ3n) is 3.73. The van der Waals surface area contributed by atoms with Crippen molar-refractivity contribution in [2.45, 2.75) is 4.90 Å². The highest BCUT2D eigenvalue weighted by atomic mass is 79.9. The number of halogens is 1. The summed E-state index contributed by atoms with van der Waals surface area (Å²) in [5, 5.41) is 1.66. The molecule has 0 N–H and O–H groups in total. The molecule has 0 amide bonds. The average Bonchev–Trinajstić information content (AvgIpc) is 2.90. The summed E-state index contributed by atoms with van der Waals surface area (Å²) in [6, 6.07) is 17.6. The Hall–Kier alpha value is -2.18. The van der Waals surface area contributed by atoms with E-state index < -0.39 is 10.0 Å². The van der Waals surface area contributed by atoms with Gasteiger partial charge in [-0.05, 0) is 42.5 Å². The maximum atomic E-state index is 13.1. The van der Waals surface area contributed by atoms with E-state index in [1.54, 1.807) is 42.6 Å². The van der Waals surface area contributed by atoms with E-state index in [0.29, 0.717) is 11.2 Å². The summed E-state index contributed by atoms with van der Waals surface area (Å²) >= 11 is 3.44. The van der Waals surface area contributed by atoms with Gasteiger partial charge in [0, 0.05) is 21.4 Å². The highest BCUT2D eigenvalue weighted by Crippen LogP contribution is 2.32. The van der Waals surface area contributed by atoms with Gasteiger partial charge in [0.1, 0.15) is 0 Å². The minimum Gasteiger partial charge on any atom is -0.237 e. The zero-order valence-corrected chi connectivity index (χ0v) is 14.3. The molecule has 0 saturated carbocycles. The first-order valence-electron chi connectivity index (χ1n) is 6.94. The second kappa shape index (κ2) is 5.18. The van der Waals surface area contributed by atoms with Crippen LogP contribution >= 0.6 is 15.9 Å². The van der Waals surface area contributed by atoms with Gasteiger partial charge in [-0.3, -0.25) is 0 Å². The molecule has 0 atom stereocenters. The SMILES string of the molecule is O=S(=O)(c1ccccc1)n1c2ccc(Br)cc2c2cccnc21. The van der Waals surface area contributed by atoms with Crippen molar-refractivity contribution >= 4 is 47.9 Å². The van der Waals surface area contributed by atoms with Crippen LogP contribution in [0.2, 0.25) is 0 Å². The van der Waals surface area contributed by atoms with Crippen molar-refractivity contribution in [1.29, 1.82) is 0 Å². The fraction of sp³-hybridized carbons (Fsp3) is 0. The van der Waals surface area contributed by atoms with Gasteiger partial charge in [-0.1, -0.05) is 34.1 Å². The number of hydrogen-bond acceptors (Lipinski definition) is 3. The molecule has 2 heterocycles. The molecule has 0 fully saturated rings. The first-order chi connectivity index (χ1) is 11.1. The molecule has 0 aliphatic carbocycles. The lowest BCUT2D eigenvalue weighted by molar-refractivity contribution is 0.590.